The Morgan fingerprint density at radius 2 is 1.90 bits per heavy atom. The van der Waals surface area contributed by atoms with E-state index in [9.17, 15) is 4.79 Å². The summed E-state index contributed by atoms with van der Waals surface area (Å²) in [5.41, 5.74) is 5.78. The number of para-hydroxylation sites is 1. The summed E-state index contributed by atoms with van der Waals surface area (Å²) < 4.78 is 0. The summed E-state index contributed by atoms with van der Waals surface area (Å²) in [6.45, 7) is 6.27. The Morgan fingerprint density at radius 3 is 2.52 bits per heavy atom. The van der Waals surface area contributed by atoms with Gasteiger partial charge in [0.25, 0.3) is 5.91 Å². The van der Waals surface area contributed by atoms with Gasteiger partial charge in [-0.2, -0.15) is 5.10 Å². The van der Waals surface area contributed by atoms with Crippen LogP contribution >= 0.6 is 11.3 Å². The quantitative estimate of drug-likeness (QED) is 0.658. The van der Waals surface area contributed by atoms with Crippen LogP contribution in [-0.4, -0.2) is 18.7 Å². The van der Waals surface area contributed by atoms with Gasteiger partial charge in [0.2, 0.25) is 0 Å². The monoisotopic (exact) mass is 301 g/mol. The van der Waals surface area contributed by atoms with Gasteiger partial charge in [-0.1, -0.05) is 18.2 Å². The predicted octanol–water partition coefficient (Wildman–Crippen LogP) is 3.24. The molecule has 0 aliphatic carbocycles. The second kappa shape index (κ2) is 7.04. The van der Waals surface area contributed by atoms with Gasteiger partial charge >= 0.3 is 0 Å². The Balaban J connectivity index is 1.84. The summed E-state index contributed by atoms with van der Waals surface area (Å²) in [7, 11) is 0. The minimum atomic E-state index is -0.165. The Kier molecular flexibility index (Phi) is 5.11. The molecular weight excluding hydrogens is 282 g/mol. The SMILES string of the molecule is Cc1ccc(C=NNC(=O)CNc2c(C)cccc2C)s1. The first-order chi connectivity index (χ1) is 10.1. The van der Waals surface area contributed by atoms with E-state index >= 15 is 0 Å². The lowest BCUT2D eigenvalue weighted by molar-refractivity contribution is -0.119. The van der Waals surface area contributed by atoms with Gasteiger partial charge in [-0.05, 0) is 44.0 Å². The van der Waals surface area contributed by atoms with Crippen LogP contribution in [0.3, 0.4) is 0 Å². The average molecular weight is 301 g/mol. The molecule has 0 aliphatic rings. The molecule has 2 rings (SSSR count). The molecule has 0 fully saturated rings. The van der Waals surface area contributed by atoms with E-state index in [2.05, 4.69) is 15.8 Å². The zero-order chi connectivity index (χ0) is 15.2. The third-order valence-corrected chi connectivity index (χ3v) is 3.98. The van der Waals surface area contributed by atoms with Crippen molar-refractivity contribution in [2.75, 3.05) is 11.9 Å². The van der Waals surface area contributed by atoms with Crippen LogP contribution in [0.25, 0.3) is 0 Å². The number of thiophene rings is 1. The van der Waals surface area contributed by atoms with Crippen molar-refractivity contribution < 1.29 is 4.79 Å². The molecule has 1 aromatic heterocycles. The number of hydrogen-bond donors (Lipinski definition) is 2. The maximum absolute atomic E-state index is 11.8. The minimum absolute atomic E-state index is 0.165. The van der Waals surface area contributed by atoms with Crippen LogP contribution < -0.4 is 10.7 Å². The smallest absolute Gasteiger partial charge is 0.259 e. The summed E-state index contributed by atoms with van der Waals surface area (Å²) >= 11 is 1.64. The fraction of sp³-hybridized carbons (Fsp3) is 0.250. The fourth-order valence-electron chi connectivity index (χ4n) is 1.99. The molecule has 0 spiro atoms. The molecule has 110 valence electrons. The van der Waals surface area contributed by atoms with Crippen LogP contribution in [-0.2, 0) is 4.79 Å². The van der Waals surface area contributed by atoms with Crippen LogP contribution in [0.1, 0.15) is 20.9 Å². The number of carbonyl (C=O) groups excluding carboxylic acids is 1. The zero-order valence-corrected chi connectivity index (χ0v) is 13.3. The lowest BCUT2D eigenvalue weighted by Gasteiger charge is -2.11. The van der Waals surface area contributed by atoms with Crippen LogP contribution in [0.5, 0.6) is 0 Å². The molecule has 0 aliphatic heterocycles. The molecule has 5 heteroatoms. The van der Waals surface area contributed by atoms with Gasteiger partial charge in [0.1, 0.15) is 0 Å². The number of aryl methyl sites for hydroxylation is 3. The van der Waals surface area contributed by atoms with Gasteiger partial charge in [0.15, 0.2) is 0 Å². The maximum Gasteiger partial charge on any atom is 0.259 e. The molecule has 1 heterocycles. The topological polar surface area (TPSA) is 53.5 Å². The molecule has 1 aromatic carbocycles. The largest absolute Gasteiger partial charge is 0.376 e. The molecular formula is C16H19N3OS. The van der Waals surface area contributed by atoms with Crippen molar-refractivity contribution in [2.24, 2.45) is 5.10 Å². The Hall–Kier alpha value is -2.14. The number of benzene rings is 1. The highest BCUT2D eigenvalue weighted by molar-refractivity contribution is 7.13. The molecule has 0 saturated heterocycles. The van der Waals surface area contributed by atoms with Gasteiger partial charge in [-0.25, -0.2) is 5.43 Å². The number of anilines is 1. The van der Waals surface area contributed by atoms with Crippen molar-refractivity contribution in [3.05, 3.63) is 51.2 Å². The molecule has 0 unspecified atom stereocenters. The highest BCUT2D eigenvalue weighted by atomic mass is 32.1. The van der Waals surface area contributed by atoms with Crippen LogP contribution in [0, 0.1) is 20.8 Å². The first kappa shape index (κ1) is 15.3. The minimum Gasteiger partial charge on any atom is -0.376 e. The van der Waals surface area contributed by atoms with E-state index in [1.54, 1.807) is 17.6 Å². The molecule has 21 heavy (non-hydrogen) atoms. The number of amides is 1. The van der Waals surface area contributed by atoms with Crippen molar-refractivity contribution in [3.8, 4) is 0 Å². The third kappa shape index (κ3) is 4.43. The first-order valence-electron chi connectivity index (χ1n) is 6.74. The van der Waals surface area contributed by atoms with Gasteiger partial charge < -0.3 is 5.32 Å². The van der Waals surface area contributed by atoms with E-state index in [1.165, 1.54) is 4.88 Å². The third-order valence-electron chi connectivity index (χ3n) is 3.05. The molecule has 0 atom stereocenters. The van der Waals surface area contributed by atoms with Crippen molar-refractivity contribution in [2.45, 2.75) is 20.8 Å². The standard InChI is InChI=1S/C16H19N3OS/c1-11-5-4-6-12(2)16(11)17-10-15(20)19-18-9-14-8-7-13(3)21-14/h4-9,17H,10H2,1-3H3,(H,19,20). The lowest BCUT2D eigenvalue weighted by Crippen LogP contribution is -2.26. The highest BCUT2D eigenvalue weighted by Gasteiger charge is 2.04. The highest BCUT2D eigenvalue weighted by Crippen LogP contribution is 2.18. The Morgan fingerprint density at radius 1 is 1.19 bits per heavy atom. The van der Waals surface area contributed by atoms with Gasteiger partial charge in [0.05, 0.1) is 12.8 Å². The number of nitrogens with one attached hydrogen (secondary N) is 2. The van der Waals surface area contributed by atoms with E-state index < -0.39 is 0 Å². The van der Waals surface area contributed by atoms with Crippen molar-refractivity contribution in [1.82, 2.24) is 5.43 Å². The zero-order valence-electron chi connectivity index (χ0n) is 12.4. The molecule has 0 bridgehead atoms. The van der Waals surface area contributed by atoms with Crippen molar-refractivity contribution >= 4 is 29.1 Å². The molecule has 0 radical (unpaired) electrons. The summed E-state index contributed by atoms with van der Waals surface area (Å²) in [4.78, 5) is 14.0. The van der Waals surface area contributed by atoms with E-state index in [0.29, 0.717) is 0 Å². The van der Waals surface area contributed by atoms with Gasteiger partial charge in [0, 0.05) is 15.4 Å². The summed E-state index contributed by atoms with van der Waals surface area (Å²) in [6.07, 6.45) is 1.66. The molecule has 1 amide bonds. The lowest BCUT2D eigenvalue weighted by atomic mass is 10.1. The van der Waals surface area contributed by atoms with Gasteiger partial charge in [-0.15, -0.1) is 11.3 Å². The first-order valence-corrected chi connectivity index (χ1v) is 7.56. The molecule has 4 nitrogen and oxygen atoms in total. The predicted molar refractivity (Wildman–Crippen MR) is 89.2 cm³/mol. The molecule has 0 saturated carbocycles. The second-order valence-electron chi connectivity index (χ2n) is 4.86. The molecule has 2 aromatic rings. The normalized spacial score (nSPS) is 10.8. The Labute approximate surface area is 128 Å². The van der Waals surface area contributed by atoms with E-state index in [4.69, 9.17) is 0 Å². The number of carbonyl (C=O) groups is 1. The van der Waals surface area contributed by atoms with Crippen LogP contribution in [0.2, 0.25) is 0 Å². The summed E-state index contributed by atoms with van der Waals surface area (Å²) in [6, 6.07) is 10.0. The number of hydrazone groups is 1. The fourth-order valence-corrected chi connectivity index (χ4v) is 2.74. The number of nitrogens with zero attached hydrogens (tertiary/aromatic N) is 1. The van der Waals surface area contributed by atoms with Crippen LogP contribution in [0.15, 0.2) is 35.4 Å². The van der Waals surface area contributed by atoms with Crippen LogP contribution in [0.4, 0.5) is 5.69 Å². The van der Waals surface area contributed by atoms with E-state index in [0.717, 1.165) is 21.7 Å². The Bertz CT molecular complexity index is 641. The average Bonchev–Trinajstić information content (AvgIpc) is 2.84. The number of rotatable bonds is 5. The summed E-state index contributed by atoms with van der Waals surface area (Å²) in [5, 5.41) is 7.11. The number of hydrogen-bond acceptors (Lipinski definition) is 4. The summed E-state index contributed by atoms with van der Waals surface area (Å²) in [5.74, 6) is -0.165. The van der Waals surface area contributed by atoms with E-state index in [-0.39, 0.29) is 12.5 Å². The second-order valence-corrected chi connectivity index (χ2v) is 6.18. The maximum atomic E-state index is 11.8. The van der Waals surface area contributed by atoms with E-state index in [1.807, 2.05) is 51.1 Å². The van der Waals surface area contributed by atoms with Gasteiger partial charge in [-0.3, -0.25) is 4.79 Å². The molecule has 2 N–H and O–H groups in total. The van der Waals surface area contributed by atoms with Crippen molar-refractivity contribution in [1.29, 1.82) is 0 Å². The van der Waals surface area contributed by atoms with Crippen molar-refractivity contribution in [3.63, 3.8) is 0 Å².